The summed E-state index contributed by atoms with van der Waals surface area (Å²) in [6.07, 6.45) is 0. The molecular weight excluding hydrogens is 206 g/mol. The molecular formula is C11H11N3O2. The standard InChI is InChI=1S/C11H11N3O2/c12-6-8-1-2-10-9(5-8)13-3-4-14(10)7-11(15)16/h1-2,5,13H,3-4,7H2,(H,15,16). The SMILES string of the molecule is N#Cc1ccc2c(c1)NCCN2CC(=O)O. The maximum Gasteiger partial charge on any atom is 0.323 e. The van der Waals surface area contributed by atoms with Crippen LogP contribution < -0.4 is 10.2 Å². The van der Waals surface area contributed by atoms with Crippen molar-refractivity contribution in [3.8, 4) is 6.07 Å². The molecule has 1 aliphatic heterocycles. The number of carboxylic acid groups (broad SMARTS) is 1. The van der Waals surface area contributed by atoms with Crippen molar-refractivity contribution in [2.45, 2.75) is 0 Å². The summed E-state index contributed by atoms with van der Waals surface area (Å²) in [5.41, 5.74) is 2.24. The van der Waals surface area contributed by atoms with E-state index in [0.29, 0.717) is 18.7 Å². The Morgan fingerprint density at radius 2 is 2.44 bits per heavy atom. The van der Waals surface area contributed by atoms with E-state index in [-0.39, 0.29) is 6.54 Å². The highest BCUT2D eigenvalue weighted by molar-refractivity contribution is 5.80. The number of hydrogen-bond donors (Lipinski definition) is 2. The Kier molecular flexibility index (Phi) is 2.64. The van der Waals surface area contributed by atoms with Gasteiger partial charge in [-0.25, -0.2) is 0 Å². The minimum atomic E-state index is -0.850. The highest BCUT2D eigenvalue weighted by Crippen LogP contribution is 2.29. The quantitative estimate of drug-likeness (QED) is 0.768. The molecule has 0 amide bonds. The normalized spacial score (nSPS) is 13.6. The van der Waals surface area contributed by atoms with Crippen LogP contribution >= 0.6 is 0 Å². The van der Waals surface area contributed by atoms with Crippen molar-refractivity contribution < 1.29 is 9.90 Å². The number of carbonyl (C=O) groups is 1. The molecule has 2 rings (SSSR count). The minimum absolute atomic E-state index is 0.0133. The number of aliphatic carboxylic acids is 1. The van der Waals surface area contributed by atoms with Gasteiger partial charge in [-0.2, -0.15) is 5.26 Å². The highest BCUT2D eigenvalue weighted by atomic mass is 16.4. The Morgan fingerprint density at radius 1 is 1.62 bits per heavy atom. The van der Waals surface area contributed by atoms with Crippen LogP contribution in [0, 0.1) is 11.3 Å². The zero-order valence-corrected chi connectivity index (χ0v) is 8.60. The lowest BCUT2D eigenvalue weighted by atomic mass is 10.1. The molecule has 0 aliphatic carbocycles. The van der Waals surface area contributed by atoms with E-state index in [9.17, 15) is 4.79 Å². The van der Waals surface area contributed by atoms with Gasteiger partial charge in [0, 0.05) is 13.1 Å². The van der Waals surface area contributed by atoms with Crippen molar-refractivity contribution >= 4 is 17.3 Å². The molecule has 0 saturated carbocycles. The molecule has 0 bridgehead atoms. The summed E-state index contributed by atoms with van der Waals surface area (Å²) in [6.45, 7) is 1.33. The Labute approximate surface area is 92.9 Å². The molecule has 1 aliphatic rings. The van der Waals surface area contributed by atoms with Crippen LogP contribution in [0.3, 0.4) is 0 Å². The van der Waals surface area contributed by atoms with E-state index in [1.807, 2.05) is 0 Å². The number of benzene rings is 1. The first-order chi connectivity index (χ1) is 7.70. The average Bonchev–Trinajstić information content (AvgIpc) is 2.28. The number of nitrogens with one attached hydrogen (secondary N) is 1. The summed E-state index contributed by atoms with van der Waals surface area (Å²) in [6, 6.07) is 7.27. The second-order valence-corrected chi connectivity index (χ2v) is 3.59. The van der Waals surface area contributed by atoms with Gasteiger partial charge in [0.2, 0.25) is 0 Å². The van der Waals surface area contributed by atoms with E-state index in [1.54, 1.807) is 23.1 Å². The summed E-state index contributed by atoms with van der Waals surface area (Å²) >= 11 is 0. The van der Waals surface area contributed by atoms with Crippen LogP contribution in [0.25, 0.3) is 0 Å². The van der Waals surface area contributed by atoms with E-state index >= 15 is 0 Å². The second kappa shape index (κ2) is 4.11. The molecule has 5 heteroatoms. The first-order valence-corrected chi connectivity index (χ1v) is 4.95. The van der Waals surface area contributed by atoms with Crippen LogP contribution in [0.2, 0.25) is 0 Å². The third-order valence-corrected chi connectivity index (χ3v) is 2.49. The molecule has 82 valence electrons. The zero-order chi connectivity index (χ0) is 11.5. The fourth-order valence-electron chi connectivity index (χ4n) is 1.80. The Bertz CT molecular complexity index is 465. The van der Waals surface area contributed by atoms with Gasteiger partial charge in [-0.05, 0) is 18.2 Å². The van der Waals surface area contributed by atoms with E-state index in [1.165, 1.54) is 0 Å². The van der Waals surface area contributed by atoms with E-state index in [0.717, 1.165) is 11.4 Å². The number of fused-ring (bicyclic) bond motifs is 1. The first kappa shape index (κ1) is 10.3. The van der Waals surface area contributed by atoms with Crippen LogP contribution in [0.5, 0.6) is 0 Å². The molecule has 2 N–H and O–H groups in total. The number of carboxylic acids is 1. The van der Waals surface area contributed by atoms with E-state index in [4.69, 9.17) is 10.4 Å². The predicted octanol–water partition coefficient (Wildman–Crippen LogP) is 0.875. The van der Waals surface area contributed by atoms with Gasteiger partial charge < -0.3 is 15.3 Å². The summed E-state index contributed by atoms with van der Waals surface area (Å²) in [5, 5.41) is 20.7. The smallest absolute Gasteiger partial charge is 0.323 e. The minimum Gasteiger partial charge on any atom is -0.480 e. The summed E-state index contributed by atoms with van der Waals surface area (Å²) < 4.78 is 0. The fourth-order valence-corrected chi connectivity index (χ4v) is 1.80. The molecule has 0 spiro atoms. The monoisotopic (exact) mass is 217 g/mol. The topological polar surface area (TPSA) is 76.4 Å². The van der Waals surface area contributed by atoms with Gasteiger partial charge in [0.05, 0.1) is 23.0 Å². The van der Waals surface area contributed by atoms with Crippen LogP contribution in [0.1, 0.15) is 5.56 Å². The van der Waals surface area contributed by atoms with Gasteiger partial charge in [-0.3, -0.25) is 4.79 Å². The molecule has 0 unspecified atom stereocenters. The van der Waals surface area contributed by atoms with Crippen LogP contribution in [-0.4, -0.2) is 30.7 Å². The van der Waals surface area contributed by atoms with Crippen molar-refractivity contribution in [3.63, 3.8) is 0 Å². The van der Waals surface area contributed by atoms with Gasteiger partial charge in [-0.1, -0.05) is 0 Å². The largest absolute Gasteiger partial charge is 0.480 e. The first-order valence-electron chi connectivity index (χ1n) is 4.95. The summed E-state index contributed by atoms with van der Waals surface area (Å²) in [7, 11) is 0. The number of nitriles is 1. The van der Waals surface area contributed by atoms with E-state index in [2.05, 4.69) is 11.4 Å². The molecule has 1 heterocycles. The molecule has 1 aromatic carbocycles. The van der Waals surface area contributed by atoms with Crippen molar-refractivity contribution in [2.75, 3.05) is 29.9 Å². The third kappa shape index (κ3) is 1.91. The molecule has 5 nitrogen and oxygen atoms in total. The molecule has 1 aromatic rings. The number of hydrogen-bond acceptors (Lipinski definition) is 4. The third-order valence-electron chi connectivity index (χ3n) is 2.49. The van der Waals surface area contributed by atoms with Crippen molar-refractivity contribution in [1.29, 1.82) is 5.26 Å². The lowest BCUT2D eigenvalue weighted by Gasteiger charge is -2.30. The maximum absolute atomic E-state index is 10.7. The predicted molar refractivity (Wildman–Crippen MR) is 59.5 cm³/mol. The van der Waals surface area contributed by atoms with Gasteiger partial charge in [-0.15, -0.1) is 0 Å². The van der Waals surface area contributed by atoms with Gasteiger partial charge >= 0.3 is 5.97 Å². The molecule has 0 fully saturated rings. The van der Waals surface area contributed by atoms with Gasteiger partial charge in [0.1, 0.15) is 6.54 Å². The van der Waals surface area contributed by atoms with Crippen LogP contribution in [-0.2, 0) is 4.79 Å². The second-order valence-electron chi connectivity index (χ2n) is 3.59. The lowest BCUT2D eigenvalue weighted by Crippen LogP contribution is -2.37. The van der Waals surface area contributed by atoms with Crippen molar-refractivity contribution in [1.82, 2.24) is 0 Å². The molecule has 0 atom stereocenters. The van der Waals surface area contributed by atoms with Crippen molar-refractivity contribution in [3.05, 3.63) is 23.8 Å². The highest BCUT2D eigenvalue weighted by Gasteiger charge is 2.18. The van der Waals surface area contributed by atoms with Gasteiger partial charge in [0.25, 0.3) is 0 Å². The maximum atomic E-state index is 10.7. The zero-order valence-electron chi connectivity index (χ0n) is 8.60. The average molecular weight is 217 g/mol. The van der Waals surface area contributed by atoms with E-state index < -0.39 is 5.97 Å². The number of nitrogens with zero attached hydrogens (tertiary/aromatic N) is 2. The number of rotatable bonds is 2. The molecule has 0 radical (unpaired) electrons. The number of anilines is 2. The lowest BCUT2D eigenvalue weighted by molar-refractivity contribution is -0.135. The van der Waals surface area contributed by atoms with Crippen LogP contribution in [0.4, 0.5) is 11.4 Å². The molecule has 0 saturated heterocycles. The van der Waals surface area contributed by atoms with Crippen LogP contribution in [0.15, 0.2) is 18.2 Å². The Morgan fingerprint density at radius 3 is 3.12 bits per heavy atom. The summed E-state index contributed by atoms with van der Waals surface area (Å²) in [4.78, 5) is 12.5. The Balaban J connectivity index is 2.33. The molecule has 16 heavy (non-hydrogen) atoms. The summed E-state index contributed by atoms with van der Waals surface area (Å²) in [5.74, 6) is -0.850. The van der Waals surface area contributed by atoms with Crippen molar-refractivity contribution in [2.24, 2.45) is 0 Å². The van der Waals surface area contributed by atoms with Gasteiger partial charge in [0.15, 0.2) is 0 Å². The fraction of sp³-hybridized carbons (Fsp3) is 0.273. The molecule has 0 aromatic heterocycles. The Hall–Kier alpha value is -2.22.